The Kier molecular flexibility index (Phi) is 5.11. The summed E-state index contributed by atoms with van der Waals surface area (Å²) in [5, 5.41) is 2.74. The number of carbonyl (C=O) groups is 2. The van der Waals surface area contributed by atoms with E-state index in [1.54, 1.807) is 0 Å². The summed E-state index contributed by atoms with van der Waals surface area (Å²) in [6, 6.07) is 1.39. The molecule has 0 aromatic carbocycles. The van der Waals surface area contributed by atoms with Crippen LogP contribution in [0.2, 0.25) is 0 Å². The first-order valence-corrected chi connectivity index (χ1v) is 9.59. The molecule has 1 aromatic heterocycles. The zero-order valence-corrected chi connectivity index (χ0v) is 14.7. The number of aromatic amines is 1. The number of H-pyrrole nitrogens is 1. The second-order valence-corrected chi connectivity index (χ2v) is 8.03. The van der Waals surface area contributed by atoms with Gasteiger partial charge in [0.05, 0.1) is 13.2 Å². The summed E-state index contributed by atoms with van der Waals surface area (Å²) in [5.41, 5.74) is -0.0158. The van der Waals surface area contributed by atoms with Gasteiger partial charge in [0.2, 0.25) is 10.0 Å². The van der Waals surface area contributed by atoms with Gasteiger partial charge in [0.15, 0.2) is 6.10 Å². The van der Waals surface area contributed by atoms with Gasteiger partial charge in [0.25, 0.3) is 5.91 Å². The zero-order valence-electron chi connectivity index (χ0n) is 13.9. The van der Waals surface area contributed by atoms with Gasteiger partial charge in [0, 0.05) is 25.3 Å². The van der Waals surface area contributed by atoms with Crippen molar-refractivity contribution in [2.75, 3.05) is 26.3 Å². The molecule has 138 valence electrons. The average Bonchev–Trinajstić information content (AvgIpc) is 3.26. The Bertz CT molecular complexity index is 749. The molecule has 9 nitrogen and oxygen atoms in total. The molecule has 1 saturated heterocycles. The van der Waals surface area contributed by atoms with Crippen LogP contribution < -0.4 is 5.32 Å². The van der Waals surface area contributed by atoms with Crippen LogP contribution in [0.4, 0.5) is 0 Å². The quantitative estimate of drug-likeness (QED) is 0.672. The third-order valence-corrected chi connectivity index (χ3v) is 5.94. The van der Waals surface area contributed by atoms with E-state index >= 15 is 0 Å². The lowest BCUT2D eigenvalue weighted by atomic mass is 10.3. The molecule has 1 aromatic rings. The van der Waals surface area contributed by atoms with E-state index in [0.717, 1.165) is 12.8 Å². The Hall–Kier alpha value is -1.91. The molecule has 1 aliphatic carbocycles. The van der Waals surface area contributed by atoms with E-state index in [0.29, 0.717) is 13.2 Å². The normalized spacial score (nSPS) is 20.0. The first-order valence-electron chi connectivity index (χ1n) is 8.15. The molecule has 1 saturated carbocycles. The highest BCUT2D eigenvalue weighted by Crippen LogP contribution is 2.20. The highest BCUT2D eigenvalue weighted by atomic mass is 32.2. The third kappa shape index (κ3) is 4.20. The molecule has 2 N–H and O–H groups in total. The Balaban J connectivity index is 1.63. The van der Waals surface area contributed by atoms with Crippen LogP contribution in [0.3, 0.4) is 0 Å². The molecule has 0 bridgehead atoms. The van der Waals surface area contributed by atoms with Crippen molar-refractivity contribution in [3.05, 3.63) is 18.0 Å². The van der Waals surface area contributed by atoms with Crippen LogP contribution >= 0.6 is 0 Å². The monoisotopic (exact) mass is 371 g/mol. The number of nitrogens with zero attached hydrogens (tertiary/aromatic N) is 1. The van der Waals surface area contributed by atoms with Crippen molar-refractivity contribution in [3.63, 3.8) is 0 Å². The number of rotatable bonds is 6. The molecule has 1 aliphatic heterocycles. The highest BCUT2D eigenvalue weighted by Gasteiger charge is 2.30. The summed E-state index contributed by atoms with van der Waals surface area (Å²) in [7, 11) is -3.69. The summed E-state index contributed by atoms with van der Waals surface area (Å²) in [5.74, 6) is -1.13. The number of sulfonamides is 1. The maximum atomic E-state index is 12.5. The fourth-order valence-corrected chi connectivity index (χ4v) is 3.80. The summed E-state index contributed by atoms with van der Waals surface area (Å²) >= 11 is 0. The van der Waals surface area contributed by atoms with E-state index in [1.165, 1.54) is 23.5 Å². The molecule has 2 heterocycles. The molecule has 1 atom stereocenters. The molecule has 3 rings (SSSR count). The van der Waals surface area contributed by atoms with E-state index in [9.17, 15) is 18.0 Å². The van der Waals surface area contributed by atoms with E-state index in [-0.39, 0.29) is 35.6 Å². The number of morpholine rings is 1. The van der Waals surface area contributed by atoms with Gasteiger partial charge in [-0.1, -0.05) is 0 Å². The fourth-order valence-electron chi connectivity index (χ4n) is 2.40. The Morgan fingerprint density at radius 1 is 1.36 bits per heavy atom. The summed E-state index contributed by atoms with van der Waals surface area (Å²) < 4.78 is 36.6. The van der Waals surface area contributed by atoms with Crippen LogP contribution in [0, 0.1) is 0 Å². The van der Waals surface area contributed by atoms with Crippen molar-refractivity contribution < 1.29 is 27.5 Å². The van der Waals surface area contributed by atoms with Gasteiger partial charge in [-0.3, -0.25) is 4.79 Å². The van der Waals surface area contributed by atoms with Crippen molar-refractivity contribution in [1.82, 2.24) is 14.6 Å². The summed E-state index contributed by atoms with van der Waals surface area (Å²) in [6.07, 6.45) is 2.17. The zero-order chi connectivity index (χ0) is 18.0. The van der Waals surface area contributed by atoms with Crippen LogP contribution in [0.15, 0.2) is 17.2 Å². The third-order valence-electron chi connectivity index (χ3n) is 4.06. The fraction of sp³-hybridized carbons (Fsp3) is 0.600. The standard InChI is InChI=1S/C15H21N3O6S/c1-10(14(19)17-11-2-3-11)24-15(20)13-8-12(9-16-13)25(21,22)18-4-6-23-7-5-18/h8-11,16H,2-7H2,1H3,(H,17,19). The van der Waals surface area contributed by atoms with Crippen LogP contribution in [0.1, 0.15) is 30.3 Å². The van der Waals surface area contributed by atoms with Crippen LogP contribution in [-0.2, 0) is 24.3 Å². The molecule has 2 aliphatic rings. The number of ether oxygens (including phenoxy) is 2. The van der Waals surface area contributed by atoms with Gasteiger partial charge < -0.3 is 19.8 Å². The van der Waals surface area contributed by atoms with Gasteiger partial charge in [-0.15, -0.1) is 0 Å². The van der Waals surface area contributed by atoms with Crippen LogP contribution in [0.25, 0.3) is 0 Å². The molecule has 0 radical (unpaired) electrons. The van der Waals surface area contributed by atoms with Gasteiger partial charge >= 0.3 is 5.97 Å². The lowest BCUT2D eigenvalue weighted by Gasteiger charge is -2.25. The number of hydrogen-bond donors (Lipinski definition) is 2. The van der Waals surface area contributed by atoms with E-state index < -0.39 is 22.1 Å². The van der Waals surface area contributed by atoms with Crippen molar-refractivity contribution in [2.24, 2.45) is 0 Å². The largest absolute Gasteiger partial charge is 0.448 e. The number of amides is 1. The van der Waals surface area contributed by atoms with Crippen LogP contribution in [0.5, 0.6) is 0 Å². The predicted octanol–water partition coefficient (Wildman–Crippen LogP) is -0.140. The molecular formula is C15H21N3O6S. The molecule has 1 amide bonds. The first kappa shape index (κ1) is 17.9. The molecule has 1 unspecified atom stereocenters. The Morgan fingerprint density at radius 2 is 2.04 bits per heavy atom. The van der Waals surface area contributed by atoms with Crippen molar-refractivity contribution in [3.8, 4) is 0 Å². The van der Waals surface area contributed by atoms with Crippen LogP contribution in [-0.4, -0.2) is 68.0 Å². The van der Waals surface area contributed by atoms with Crippen molar-refractivity contribution >= 4 is 21.9 Å². The maximum absolute atomic E-state index is 12.5. The van der Waals surface area contributed by atoms with Gasteiger partial charge in [-0.25, -0.2) is 13.2 Å². The van der Waals surface area contributed by atoms with Crippen molar-refractivity contribution in [2.45, 2.75) is 36.8 Å². The molecule has 10 heteroatoms. The lowest BCUT2D eigenvalue weighted by molar-refractivity contribution is -0.129. The first-order chi connectivity index (χ1) is 11.9. The van der Waals surface area contributed by atoms with E-state index in [2.05, 4.69) is 10.3 Å². The lowest BCUT2D eigenvalue weighted by Crippen LogP contribution is -2.40. The number of carbonyl (C=O) groups excluding carboxylic acids is 2. The second kappa shape index (κ2) is 7.14. The minimum atomic E-state index is -3.69. The summed E-state index contributed by atoms with van der Waals surface area (Å²) in [4.78, 5) is 26.5. The molecule has 0 spiro atoms. The topological polar surface area (TPSA) is 118 Å². The predicted molar refractivity (Wildman–Crippen MR) is 86.4 cm³/mol. The smallest absolute Gasteiger partial charge is 0.355 e. The maximum Gasteiger partial charge on any atom is 0.355 e. The van der Waals surface area contributed by atoms with Gasteiger partial charge in [0.1, 0.15) is 10.6 Å². The highest BCUT2D eigenvalue weighted by molar-refractivity contribution is 7.89. The van der Waals surface area contributed by atoms with E-state index in [1.807, 2.05) is 0 Å². The molecular weight excluding hydrogens is 350 g/mol. The van der Waals surface area contributed by atoms with Gasteiger partial charge in [-0.2, -0.15) is 4.31 Å². The number of nitrogens with one attached hydrogen (secondary N) is 2. The number of hydrogen-bond acceptors (Lipinski definition) is 6. The summed E-state index contributed by atoms with van der Waals surface area (Å²) in [6.45, 7) is 2.69. The SMILES string of the molecule is CC(OC(=O)c1cc(S(=O)(=O)N2CCOCC2)c[nH]1)C(=O)NC1CC1. The minimum absolute atomic E-state index is 0.0158. The number of esters is 1. The molecule has 2 fully saturated rings. The average molecular weight is 371 g/mol. The number of aromatic nitrogens is 1. The van der Waals surface area contributed by atoms with Crippen molar-refractivity contribution in [1.29, 1.82) is 0 Å². The van der Waals surface area contributed by atoms with E-state index in [4.69, 9.17) is 9.47 Å². The van der Waals surface area contributed by atoms with Gasteiger partial charge in [-0.05, 0) is 25.8 Å². The Morgan fingerprint density at radius 3 is 2.68 bits per heavy atom. The Labute approximate surface area is 145 Å². The second-order valence-electron chi connectivity index (χ2n) is 6.10. The minimum Gasteiger partial charge on any atom is -0.448 e. The molecule has 25 heavy (non-hydrogen) atoms.